The molecule has 1 saturated carbocycles. The molecule has 1 aromatic rings. The predicted octanol–water partition coefficient (Wildman–Crippen LogP) is 2.77. The van der Waals surface area contributed by atoms with E-state index in [1.165, 1.54) is 30.6 Å². The predicted molar refractivity (Wildman–Crippen MR) is 84.4 cm³/mol. The van der Waals surface area contributed by atoms with Crippen LogP contribution in [-0.2, 0) is 0 Å². The number of amidine groups is 1. The normalized spacial score (nSPS) is 16.9. The summed E-state index contributed by atoms with van der Waals surface area (Å²) in [6.45, 7) is 1.54. The van der Waals surface area contributed by atoms with Gasteiger partial charge in [-0.2, -0.15) is 0 Å². The zero-order valence-corrected chi connectivity index (χ0v) is 12.6. The van der Waals surface area contributed by atoms with Crippen LogP contribution in [0.1, 0.15) is 25.7 Å². The van der Waals surface area contributed by atoms with E-state index in [0.717, 1.165) is 12.3 Å². The largest absolute Gasteiger partial charge is 0.409 e. The SMILES string of the molecule is NC(CN(CCSc1ccccc1)C1CCCC1)=NO. The molecule has 1 aliphatic rings. The molecular formula is C15H23N3OS. The standard InChI is InChI=1S/C15H23N3OS/c16-15(17-19)12-18(13-6-4-5-7-13)10-11-20-14-8-2-1-3-9-14/h1-3,8-9,13,19H,4-7,10-12H2,(H2,16,17). The molecule has 0 heterocycles. The molecule has 5 heteroatoms. The smallest absolute Gasteiger partial charge is 0.153 e. The van der Waals surface area contributed by atoms with Crippen LogP contribution in [0.3, 0.4) is 0 Å². The summed E-state index contributed by atoms with van der Waals surface area (Å²) < 4.78 is 0. The minimum atomic E-state index is 0.307. The molecule has 2 rings (SSSR count). The molecule has 0 radical (unpaired) electrons. The second-order valence-electron chi connectivity index (χ2n) is 5.16. The fourth-order valence-electron chi connectivity index (χ4n) is 2.70. The molecule has 0 aliphatic heterocycles. The van der Waals surface area contributed by atoms with Gasteiger partial charge in [0.25, 0.3) is 0 Å². The van der Waals surface area contributed by atoms with Crippen LogP contribution in [0.25, 0.3) is 0 Å². The van der Waals surface area contributed by atoms with E-state index < -0.39 is 0 Å². The molecule has 110 valence electrons. The van der Waals surface area contributed by atoms with Gasteiger partial charge in [0.1, 0.15) is 0 Å². The third-order valence-corrected chi connectivity index (χ3v) is 4.72. The molecule has 20 heavy (non-hydrogen) atoms. The molecule has 0 bridgehead atoms. The van der Waals surface area contributed by atoms with Gasteiger partial charge in [0.05, 0.1) is 6.54 Å². The van der Waals surface area contributed by atoms with Crippen molar-refractivity contribution in [3.8, 4) is 0 Å². The molecule has 0 atom stereocenters. The molecule has 4 nitrogen and oxygen atoms in total. The Kier molecular flexibility index (Phi) is 6.21. The van der Waals surface area contributed by atoms with Crippen LogP contribution in [0.2, 0.25) is 0 Å². The van der Waals surface area contributed by atoms with E-state index >= 15 is 0 Å². The van der Waals surface area contributed by atoms with Crippen LogP contribution in [0, 0.1) is 0 Å². The van der Waals surface area contributed by atoms with Crippen molar-refractivity contribution in [2.24, 2.45) is 10.9 Å². The van der Waals surface area contributed by atoms with Crippen LogP contribution in [-0.4, -0.2) is 40.8 Å². The highest BCUT2D eigenvalue weighted by atomic mass is 32.2. The summed E-state index contributed by atoms with van der Waals surface area (Å²) in [5, 5.41) is 11.9. The first-order valence-electron chi connectivity index (χ1n) is 7.18. The molecule has 0 spiro atoms. The van der Waals surface area contributed by atoms with Crippen LogP contribution in [0.4, 0.5) is 0 Å². The molecule has 3 N–H and O–H groups in total. The summed E-state index contributed by atoms with van der Waals surface area (Å²) in [5.74, 6) is 1.33. The summed E-state index contributed by atoms with van der Waals surface area (Å²) in [7, 11) is 0. The lowest BCUT2D eigenvalue weighted by Gasteiger charge is -2.28. The van der Waals surface area contributed by atoms with Crippen molar-refractivity contribution in [3.63, 3.8) is 0 Å². The Bertz CT molecular complexity index is 418. The first kappa shape index (κ1) is 15.2. The topological polar surface area (TPSA) is 61.8 Å². The number of nitrogens with zero attached hydrogens (tertiary/aromatic N) is 2. The Balaban J connectivity index is 1.83. The van der Waals surface area contributed by atoms with Crippen LogP contribution in [0.15, 0.2) is 40.4 Å². The van der Waals surface area contributed by atoms with Crippen molar-refractivity contribution in [3.05, 3.63) is 30.3 Å². The Morgan fingerprint density at radius 3 is 2.65 bits per heavy atom. The molecule has 0 unspecified atom stereocenters. The number of thioether (sulfide) groups is 1. The molecular weight excluding hydrogens is 270 g/mol. The van der Waals surface area contributed by atoms with Crippen LogP contribution in [0.5, 0.6) is 0 Å². The first-order valence-corrected chi connectivity index (χ1v) is 8.16. The monoisotopic (exact) mass is 293 g/mol. The molecule has 0 amide bonds. The Hall–Kier alpha value is -1.20. The van der Waals surface area contributed by atoms with E-state index in [0.29, 0.717) is 18.4 Å². The lowest BCUT2D eigenvalue weighted by molar-refractivity contribution is 0.235. The van der Waals surface area contributed by atoms with Gasteiger partial charge in [-0.1, -0.05) is 36.2 Å². The van der Waals surface area contributed by atoms with Gasteiger partial charge in [-0.25, -0.2) is 0 Å². The van der Waals surface area contributed by atoms with Crippen LogP contribution < -0.4 is 5.73 Å². The maximum absolute atomic E-state index is 8.76. The molecule has 0 saturated heterocycles. The molecule has 1 aromatic carbocycles. The van der Waals surface area contributed by atoms with Crippen molar-refractivity contribution in [2.75, 3.05) is 18.8 Å². The highest BCUT2D eigenvalue weighted by molar-refractivity contribution is 7.99. The molecule has 1 aliphatic carbocycles. The van der Waals surface area contributed by atoms with Crippen molar-refractivity contribution in [1.29, 1.82) is 0 Å². The summed E-state index contributed by atoms with van der Waals surface area (Å²) >= 11 is 1.86. The van der Waals surface area contributed by atoms with Gasteiger partial charge in [0, 0.05) is 23.2 Å². The minimum absolute atomic E-state index is 0.307. The zero-order chi connectivity index (χ0) is 14.2. The van der Waals surface area contributed by atoms with Gasteiger partial charge in [-0.15, -0.1) is 11.8 Å². The van der Waals surface area contributed by atoms with E-state index in [1.54, 1.807) is 0 Å². The lowest BCUT2D eigenvalue weighted by Crippen LogP contribution is -2.41. The van der Waals surface area contributed by atoms with E-state index in [2.05, 4.69) is 34.3 Å². The van der Waals surface area contributed by atoms with E-state index in [-0.39, 0.29) is 0 Å². The summed E-state index contributed by atoms with van der Waals surface area (Å²) in [6, 6.07) is 11.0. The molecule has 0 aromatic heterocycles. The van der Waals surface area contributed by atoms with E-state index in [4.69, 9.17) is 10.9 Å². The maximum Gasteiger partial charge on any atom is 0.153 e. The van der Waals surface area contributed by atoms with Crippen molar-refractivity contribution < 1.29 is 5.21 Å². The Labute approximate surface area is 125 Å². The summed E-state index contributed by atoms with van der Waals surface area (Å²) in [5.41, 5.74) is 5.68. The number of benzene rings is 1. The van der Waals surface area contributed by atoms with Gasteiger partial charge in [0.15, 0.2) is 5.84 Å². The lowest BCUT2D eigenvalue weighted by atomic mass is 10.2. The van der Waals surface area contributed by atoms with Crippen molar-refractivity contribution >= 4 is 17.6 Å². The van der Waals surface area contributed by atoms with Gasteiger partial charge < -0.3 is 10.9 Å². The third kappa shape index (κ3) is 4.72. The average molecular weight is 293 g/mol. The molecule has 1 fully saturated rings. The number of hydrogen-bond acceptors (Lipinski definition) is 4. The zero-order valence-electron chi connectivity index (χ0n) is 11.7. The highest BCUT2D eigenvalue weighted by Gasteiger charge is 2.22. The van der Waals surface area contributed by atoms with Gasteiger partial charge >= 0.3 is 0 Å². The second kappa shape index (κ2) is 8.17. The highest BCUT2D eigenvalue weighted by Crippen LogP contribution is 2.24. The van der Waals surface area contributed by atoms with Crippen molar-refractivity contribution in [1.82, 2.24) is 4.90 Å². The summed E-state index contributed by atoms with van der Waals surface area (Å²) in [6.07, 6.45) is 5.05. The number of rotatable bonds is 7. The Morgan fingerprint density at radius 2 is 2.00 bits per heavy atom. The first-order chi connectivity index (χ1) is 9.79. The fourth-order valence-corrected chi connectivity index (χ4v) is 3.61. The maximum atomic E-state index is 8.76. The van der Waals surface area contributed by atoms with Crippen molar-refractivity contribution in [2.45, 2.75) is 36.6 Å². The average Bonchev–Trinajstić information content (AvgIpc) is 3.01. The number of oxime groups is 1. The number of hydrogen-bond donors (Lipinski definition) is 2. The quantitative estimate of drug-likeness (QED) is 0.267. The second-order valence-corrected chi connectivity index (χ2v) is 6.33. The van der Waals surface area contributed by atoms with E-state index in [9.17, 15) is 0 Å². The van der Waals surface area contributed by atoms with Gasteiger partial charge in [0.2, 0.25) is 0 Å². The Morgan fingerprint density at radius 1 is 1.30 bits per heavy atom. The minimum Gasteiger partial charge on any atom is -0.409 e. The number of nitrogens with two attached hydrogens (primary N) is 1. The fraction of sp³-hybridized carbons (Fsp3) is 0.533. The van der Waals surface area contributed by atoms with E-state index in [1.807, 2.05) is 17.8 Å². The van der Waals surface area contributed by atoms with Gasteiger partial charge in [-0.05, 0) is 25.0 Å². The van der Waals surface area contributed by atoms with Gasteiger partial charge in [-0.3, -0.25) is 4.90 Å². The van der Waals surface area contributed by atoms with Crippen LogP contribution >= 0.6 is 11.8 Å². The summed E-state index contributed by atoms with van der Waals surface area (Å²) in [4.78, 5) is 3.65. The third-order valence-electron chi connectivity index (χ3n) is 3.73.